The number of likely N-dealkylation sites (N-methyl/N-ethyl adjacent to an activating group) is 1. The lowest BCUT2D eigenvalue weighted by molar-refractivity contribution is -0.887. The van der Waals surface area contributed by atoms with Gasteiger partial charge in [-0.15, -0.1) is 0 Å². The number of nitrogens with zero attached hydrogens (tertiary/aromatic N) is 1. The number of aliphatic carboxylic acids is 1. The van der Waals surface area contributed by atoms with E-state index in [1.165, 1.54) is 19.3 Å². The second-order valence-electron chi connectivity index (χ2n) is 15.6. The average Bonchev–Trinajstić information content (AvgIpc) is 3.19. The number of rotatable bonds is 38. The van der Waals surface area contributed by atoms with Crippen molar-refractivity contribution in [2.45, 2.75) is 154 Å². The zero-order valence-corrected chi connectivity index (χ0v) is 37.7. The summed E-state index contributed by atoms with van der Waals surface area (Å²) in [6.07, 6.45) is 55.7. The van der Waals surface area contributed by atoms with Gasteiger partial charge in [-0.1, -0.05) is 155 Å². The molecule has 0 rings (SSSR count). The number of allylic oxidation sites excluding steroid dienone is 18. The Morgan fingerprint density at radius 2 is 1.00 bits per heavy atom. The van der Waals surface area contributed by atoms with Gasteiger partial charge >= 0.3 is 17.9 Å². The minimum Gasteiger partial charge on any atom is -0.477 e. The van der Waals surface area contributed by atoms with Crippen molar-refractivity contribution in [3.63, 3.8) is 0 Å². The first-order valence-corrected chi connectivity index (χ1v) is 22.5. The maximum atomic E-state index is 12.7. The summed E-state index contributed by atoms with van der Waals surface area (Å²) >= 11 is 0. The molecule has 0 radical (unpaired) electrons. The molecule has 0 aliphatic carbocycles. The Balaban J connectivity index is 4.47. The Morgan fingerprint density at radius 3 is 1.54 bits per heavy atom. The summed E-state index contributed by atoms with van der Waals surface area (Å²) in [7, 11) is 5.49. The highest BCUT2D eigenvalue weighted by Crippen LogP contribution is 2.13. The van der Waals surface area contributed by atoms with Crippen LogP contribution in [0.2, 0.25) is 0 Å². The highest BCUT2D eigenvalue weighted by molar-refractivity contribution is 5.72. The number of carboxylic acids is 1. The Hall–Kier alpha value is -4.01. The van der Waals surface area contributed by atoms with Crippen LogP contribution in [0.4, 0.5) is 0 Å². The van der Waals surface area contributed by atoms with E-state index in [9.17, 15) is 19.5 Å². The Kier molecular flexibility index (Phi) is 38.0. The molecule has 0 aliphatic rings. The lowest BCUT2D eigenvalue weighted by atomic mass is 10.1. The van der Waals surface area contributed by atoms with Gasteiger partial charge in [-0.2, -0.15) is 0 Å². The molecule has 2 unspecified atom stereocenters. The van der Waals surface area contributed by atoms with E-state index in [1.54, 1.807) is 0 Å². The first-order chi connectivity index (χ1) is 28.6. The van der Waals surface area contributed by atoms with Crippen LogP contribution in [0.15, 0.2) is 109 Å². The monoisotopic (exact) mass is 821 g/mol. The van der Waals surface area contributed by atoms with Crippen LogP contribution in [-0.2, 0) is 28.6 Å². The number of carboxylic acid groups (broad SMARTS) is 1. The molecule has 332 valence electrons. The number of hydrogen-bond acceptors (Lipinski definition) is 6. The van der Waals surface area contributed by atoms with E-state index in [-0.39, 0.29) is 42.7 Å². The highest BCUT2D eigenvalue weighted by Gasteiger charge is 2.31. The highest BCUT2D eigenvalue weighted by atomic mass is 16.6. The number of quaternary nitrogens is 1. The van der Waals surface area contributed by atoms with Gasteiger partial charge in [0, 0.05) is 19.3 Å². The third-order valence-corrected chi connectivity index (χ3v) is 9.23. The normalized spacial score (nSPS) is 14.0. The summed E-state index contributed by atoms with van der Waals surface area (Å²) in [5.41, 5.74) is 0. The van der Waals surface area contributed by atoms with Gasteiger partial charge in [0.25, 0.3) is 0 Å². The molecular formula is C51H82NO7+. The molecule has 0 aromatic carbocycles. The molecule has 0 aliphatic heterocycles. The summed E-state index contributed by atoms with van der Waals surface area (Å²) in [5, 5.41) is 9.62. The van der Waals surface area contributed by atoms with Crippen LogP contribution < -0.4 is 0 Å². The van der Waals surface area contributed by atoms with Crippen LogP contribution in [0, 0.1) is 0 Å². The van der Waals surface area contributed by atoms with Gasteiger partial charge in [0.1, 0.15) is 6.61 Å². The number of unbranched alkanes of at least 4 members (excludes halogenated alkanes) is 8. The fourth-order valence-electron chi connectivity index (χ4n) is 5.81. The van der Waals surface area contributed by atoms with Crippen molar-refractivity contribution in [3.8, 4) is 0 Å². The fraction of sp³-hybridized carbons (Fsp3) is 0.588. The first kappa shape index (κ1) is 55.0. The van der Waals surface area contributed by atoms with Crippen LogP contribution in [-0.4, -0.2) is 80.6 Å². The van der Waals surface area contributed by atoms with Crippen molar-refractivity contribution in [1.29, 1.82) is 0 Å². The van der Waals surface area contributed by atoms with Gasteiger partial charge in [0.15, 0.2) is 12.1 Å². The van der Waals surface area contributed by atoms with E-state index < -0.39 is 18.1 Å². The minimum absolute atomic E-state index is 0.0302. The van der Waals surface area contributed by atoms with Gasteiger partial charge in [0.05, 0.1) is 34.4 Å². The van der Waals surface area contributed by atoms with Gasteiger partial charge in [0.2, 0.25) is 0 Å². The molecule has 0 saturated heterocycles. The molecule has 0 amide bonds. The first-order valence-electron chi connectivity index (χ1n) is 22.5. The molecular weight excluding hydrogens is 739 g/mol. The van der Waals surface area contributed by atoms with E-state index in [0.29, 0.717) is 19.3 Å². The van der Waals surface area contributed by atoms with Gasteiger partial charge in [-0.25, -0.2) is 4.79 Å². The van der Waals surface area contributed by atoms with Crippen LogP contribution >= 0.6 is 0 Å². The summed E-state index contributed by atoms with van der Waals surface area (Å²) in [4.78, 5) is 37.0. The van der Waals surface area contributed by atoms with Gasteiger partial charge < -0.3 is 23.8 Å². The molecule has 8 heteroatoms. The SMILES string of the molecule is CC/C=C/C=C/C=C/CCCCCCCCCC(=O)OC(COCCC(C(=O)O)[N+](C)(C)C)COC(=O)CCC/C=C/C/C=C/C/C=C/C/C=C/C/C=C/C/C=C/CC. The van der Waals surface area contributed by atoms with Crippen LogP contribution in [0.5, 0.6) is 0 Å². The second-order valence-corrected chi connectivity index (χ2v) is 15.6. The summed E-state index contributed by atoms with van der Waals surface area (Å²) in [5.74, 6) is -1.58. The Labute approximate surface area is 359 Å². The molecule has 0 spiro atoms. The fourth-order valence-corrected chi connectivity index (χ4v) is 5.81. The maximum Gasteiger partial charge on any atom is 0.362 e. The third kappa shape index (κ3) is 39.2. The molecule has 8 nitrogen and oxygen atoms in total. The zero-order valence-electron chi connectivity index (χ0n) is 37.7. The van der Waals surface area contributed by atoms with Crippen molar-refractivity contribution in [3.05, 3.63) is 109 Å². The topological polar surface area (TPSA) is 99.1 Å². The molecule has 0 fully saturated rings. The van der Waals surface area contributed by atoms with Crippen LogP contribution in [0.1, 0.15) is 142 Å². The lowest BCUT2D eigenvalue weighted by Gasteiger charge is -2.31. The summed E-state index contributed by atoms with van der Waals surface area (Å²) < 4.78 is 17.2. The van der Waals surface area contributed by atoms with Crippen molar-refractivity contribution >= 4 is 17.9 Å². The minimum atomic E-state index is -0.890. The largest absolute Gasteiger partial charge is 0.477 e. The maximum absolute atomic E-state index is 12.7. The number of ether oxygens (including phenoxy) is 3. The number of hydrogen-bond donors (Lipinski definition) is 1. The van der Waals surface area contributed by atoms with Crippen molar-refractivity contribution < 1.29 is 38.2 Å². The average molecular weight is 821 g/mol. The van der Waals surface area contributed by atoms with Crippen LogP contribution in [0.25, 0.3) is 0 Å². The van der Waals surface area contributed by atoms with E-state index >= 15 is 0 Å². The van der Waals surface area contributed by atoms with Crippen molar-refractivity contribution in [2.24, 2.45) is 0 Å². The quantitative estimate of drug-likeness (QED) is 0.0218. The molecule has 0 aromatic rings. The van der Waals surface area contributed by atoms with Crippen molar-refractivity contribution in [2.75, 3.05) is 41.0 Å². The van der Waals surface area contributed by atoms with E-state index in [2.05, 4.69) is 123 Å². The zero-order chi connectivity index (χ0) is 43.5. The molecule has 0 aromatic heterocycles. The summed E-state index contributed by atoms with van der Waals surface area (Å²) in [6, 6.07) is -0.632. The molecule has 59 heavy (non-hydrogen) atoms. The van der Waals surface area contributed by atoms with Gasteiger partial charge in [-0.05, 0) is 77.0 Å². The predicted octanol–water partition coefficient (Wildman–Crippen LogP) is 12.5. The van der Waals surface area contributed by atoms with Crippen molar-refractivity contribution in [1.82, 2.24) is 0 Å². The molecule has 1 N–H and O–H groups in total. The lowest BCUT2D eigenvalue weighted by Crippen LogP contribution is -2.50. The Bertz CT molecular complexity index is 1330. The summed E-state index contributed by atoms with van der Waals surface area (Å²) in [6.45, 7) is 4.39. The number of carbonyl (C=O) groups excluding carboxylic acids is 2. The molecule has 0 bridgehead atoms. The molecule has 0 heterocycles. The molecule has 2 atom stereocenters. The van der Waals surface area contributed by atoms with E-state index in [4.69, 9.17) is 14.2 Å². The Morgan fingerprint density at radius 1 is 0.525 bits per heavy atom. The number of esters is 2. The second kappa shape index (κ2) is 40.8. The molecule has 0 saturated carbocycles. The standard InChI is InChI=1S/C51H81NO7/c1-6-8-10-12-14-16-18-20-22-23-24-25-26-28-29-31-33-35-37-39-41-49(53)58-46-47(45-57-44-43-48(51(55)56)52(3,4)5)59-50(54)42-40-38-36-34-32-30-27-21-19-17-15-13-11-9-7-2/h8-11,13-17,19-20,22,24-25,28-29,33,35,47-48H,6-7,12,18,21,23,26-27,30-32,34,36-46H2,1-5H3/p+1/b10-8+,11-9+,15-13+,16-14+,19-17+,22-20+,25-24+,29-28+,35-33+. The predicted molar refractivity (Wildman–Crippen MR) is 247 cm³/mol. The van der Waals surface area contributed by atoms with E-state index in [1.807, 2.05) is 21.1 Å². The third-order valence-electron chi connectivity index (χ3n) is 9.23. The van der Waals surface area contributed by atoms with E-state index in [0.717, 1.165) is 83.5 Å². The number of carbonyl (C=O) groups is 3. The smallest absolute Gasteiger partial charge is 0.362 e. The van der Waals surface area contributed by atoms with Gasteiger partial charge in [-0.3, -0.25) is 9.59 Å². The van der Waals surface area contributed by atoms with Crippen LogP contribution in [0.3, 0.4) is 0 Å².